The van der Waals surface area contributed by atoms with E-state index in [9.17, 15) is 4.79 Å². The molecule has 0 spiro atoms. The van der Waals surface area contributed by atoms with E-state index in [1.807, 2.05) is 13.8 Å². The van der Waals surface area contributed by atoms with E-state index >= 15 is 0 Å². The zero-order chi connectivity index (χ0) is 6.85. The molecule has 0 fully saturated rings. The summed E-state index contributed by atoms with van der Waals surface area (Å²) in [5.74, 6) is -0.0266. The first-order chi connectivity index (χ1) is 4.22. The Labute approximate surface area is 85.1 Å². The number of amides is 1. The number of rotatable bonds is 1. The predicted octanol–water partition coefficient (Wildman–Crippen LogP) is 0.471. The van der Waals surface area contributed by atoms with Crippen LogP contribution in [0, 0.1) is 5.92 Å². The minimum Gasteiger partial charge on any atom is -0.578 e. The van der Waals surface area contributed by atoms with Crippen LogP contribution in [0.25, 0.3) is 0 Å². The number of aliphatic imine (C=N–C) groups is 1. The molecule has 0 bridgehead atoms. The molecule has 1 heterocycles. The first-order valence-corrected chi connectivity index (χ1v) is 2.87. The van der Waals surface area contributed by atoms with Crippen LogP contribution < -0.4 is 0 Å². The average molecular weight is 215 g/mol. The van der Waals surface area contributed by atoms with Gasteiger partial charge in [-0.3, -0.25) is 0 Å². The smallest absolute Gasteiger partial charge is 0.128 e. The molecular formula is C6H8NO2Y-. The molecule has 53 valence electrons. The molecule has 0 saturated carbocycles. The Morgan fingerprint density at radius 3 is 2.50 bits per heavy atom. The van der Waals surface area contributed by atoms with Gasteiger partial charge >= 0.3 is 0 Å². The van der Waals surface area contributed by atoms with Gasteiger partial charge in [0.25, 0.3) is 0 Å². The summed E-state index contributed by atoms with van der Waals surface area (Å²) < 4.78 is 4.76. The van der Waals surface area contributed by atoms with Crippen molar-refractivity contribution >= 4 is 12.3 Å². The number of nitrogens with zero attached hydrogens (tertiary/aromatic N) is 1. The second-order valence-electron chi connectivity index (χ2n) is 2.32. The van der Waals surface area contributed by atoms with Gasteiger partial charge in [0.2, 0.25) is 0 Å². The van der Waals surface area contributed by atoms with Gasteiger partial charge in [0.15, 0.2) is 0 Å². The first-order valence-electron chi connectivity index (χ1n) is 2.87. The second kappa shape index (κ2) is 4.19. The van der Waals surface area contributed by atoms with Crippen molar-refractivity contribution in [3.63, 3.8) is 0 Å². The van der Waals surface area contributed by atoms with Gasteiger partial charge in [-0.1, -0.05) is 13.8 Å². The quantitative estimate of drug-likeness (QED) is 0.596. The molecule has 3 nitrogen and oxygen atoms in total. The number of carbonyl (C=O) groups excluding carboxylic acids is 1. The Hall–Kier alpha value is 0.244. The van der Waals surface area contributed by atoms with Crippen molar-refractivity contribution in [3.05, 3.63) is 0 Å². The van der Waals surface area contributed by atoms with E-state index in [1.165, 1.54) is 0 Å². The second-order valence-corrected chi connectivity index (χ2v) is 2.32. The van der Waals surface area contributed by atoms with Crippen molar-refractivity contribution in [2.24, 2.45) is 10.9 Å². The molecule has 0 saturated heterocycles. The summed E-state index contributed by atoms with van der Waals surface area (Å²) in [6.07, 6.45) is 1.79. The summed E-state index contributed by atoms with van der Waals surface area (Å²) in [5.41, 5.74) is 0. The van der Waals surface area contributed by atoms with E-state index < -0.39 is 0 Å². The van der Waals surface area contributed by atoms with Gasteiger partial charge in [-0.15, -0.1) is 0 Å². The molecular weight excluding hydrogens is 207 g/mol. The first kappa shape index (κ1) is 10.2. The minimum absolute atomic E-state index is 0. The Morgan fingerprint density at radius 1 is 1.70 bits per heavy atom. The molecule has 1 rings (SSSR count). The molecule has 1 unspecified atom stereocenters. The Morgan fingerprint density at radius 2 is 2.30 bits per heavy atom. The number of carbonyl (C=O) groups is 1. The Kier molecular flexibility index (Phi) is 4.29. The van der Waals surface area contributed by atoms with Crippen LogP contribution in [0.5, 0.6) is 0 Å². The number of ether oxygens (including phenoxy) is 1. The molecule has 0 aliphatic carbocycles. The fourth-order valence-electron chi connectivity index (χ4n) is 0.663. The molecule has 0 aromatic carbocycles. The molecule has 0 N–H and O–H groups in total. The maximum Gasteiger partial charge on any atom is 0.128 e. The van der Waals surface area contributed by atoms with Crippen LogP contribution in [0.1, 0.15) is 13.8 Å². The fraction of sp³-hybridized carbons (Fsp3) is 0.667. The third-order valence-electron chi connectivity index (χ3n) is 1.18. The molecule has 10 heavy (non-hydrogen) atoms. The molecule has 0 aromatic rings. The monoisotopic (exact) mass is 215 g/mol. The topological polar surface area (TPSA) is 38.7 Å². The van der Waals surface area contributed by atoms with Crippen LogP contribution in [0.2, 0.25) is 0 Å². The van der Waals surface area contributed by atoms with Crippen LogP contribution in [0.15, 0.2) is 4.99 Å². The maximum atomic E-state index is 10.7. The third-order valence-corrected chi connectivity index (χ3v) is 1.18. The average Bonchev–Trinajstić information content (AvgIpc) is 2.13. The van der Waals surface area contributed by atoms with Crippen molar-refractivity contribution in [1.82, 2.24) is 0 Å². The van der Waals surface area contributed by atoms with E-state index in [4.69, 9.17) is 4.74 Å². The normalized spacial score (nSPS) is 22.7. The van der Waals surface area contributed by atoms with Gasteiger partial charge in [-0.2, -0.15) is 0 Å². The Balaban J connectivity index is 0.000000810. The van der Waals surface area contributed by atoms with E-state index in [0.717, 1.165) is 0 Å². The van der Waals surface area contributed by atoms with Crippen molar-refractivity contribution < 1.29 is 42.2 Å². The summed E-state index contributed by atoms with van der Waals surface area (Å²) in [5, 5.41) is 0. The maximum absolute atomic E-state index is 10.7. The zero-order valence-electron chi connectivity index (χ0n) is 6.00. The largest absolute Gasteiger partial charge is 0.578 e. The molecule has 1 atom stereocenters. The van der Waals surface area contributed by atoms with E-state index in [2.05, 4.69) is 11.4 Å². The van der Waals surface area contributed by atoms with Crippen LogP contribution in [-0.4, -0.2) is 18.4 Å². The Bertz CT molecular complexity index is 156. The summed E-state index contributed by atoms with van der Waals surface area (Å²) >= 11 is 0. The SMILES string of the molecule is CC(C)C1O[C-]=NC1=O.[Y]. The fourth-order valence-corrected chi connectivity index (χ4v) is 0.663. The minimum atomic E-state index is -0.384. The number of hydrogen-bond acceptors (Lipinski definition) is 2. The predicted molar refractivity (Wildman–Crippen MR) is 32.2 cm³/mol. The van der Waals surface area contributed by atoms with Gasteiger partial charge in [-0.25, -0.2) is 0 Å². The molecule has 1 aliphatic rings. The molecule has 0 aromatic heterocycles. The zero-order valence-corrected chi connectivity index (χ0v) is 8.83. The van der Waals surface area contributed by atoms with Gasteiger partial charge < -0.3 is 14.5 Å². The van der Waals surface area contributed by atoms with Gasteiger partial charge in [0, 0.05) is 39.1 Å². The van der Waals surface area contributed by atoms with Crippen LogP contribution in [-0.2, 0) is 42.2 Å². The summed E-state index contributed by atoms with van der Waals surface area (Å²) in [6.45, 7) is 3.82. The molecule has 4 heteroatoms. The van der Waals surface area contributed by atoms with Crippen LogP contribution >= 0.6 is 0 Å². The van der Waals surface area contributed by atoms with Crippen molar-refractivity contribution in [3.8, 4) is 0 Å². The molecule has 1 radical (unpaired) electrons. The van der Waals surface area contributed by atoms with Crippen molar-refractivity contribution in [1.29, 1.82) is 0 Å². The molecule has 1 amide bonds. The standard InChI is InChI=1S/C6H8NO2.Y/c1-4(2)5-6(8)7-3-9-5;/h4-5H,1-2H3;/q-1;. The van der Waals surface area contributed by atoms with Gasteiger partial charge in [-0.05, 0) is 5.92 Å². The van der Waals surface area contributed by atoms with Crippen LogP contribution in [0.3, 0.4) is 0 Å². The van der Waals surface area contributed by atoms with Gasteiger partial charge in [0.05, 0.1) is 6.10 Å². The van der Waals surface area contributed by atoms with Crippen molar-refractivity contribution in [2.45, 2.75) is 20.0 Å². The summed E-state index contributed by atoms with van der Waals surface area (Å²) in [7, 11) is 0. The van der Waals surface area contributed by atoms with E-state index in [0.29, 0.717) is 0 Å². The molecule has 1 aliphatic heterocycles. The number of hydrogen-bond donors (Lipinski definition) is 0. The van der Waals surface area contributed by atoms with E-state index in [-0.39, 0.29) is 50.6 Å². The van der Waals surface area contributed by atoms with E-state index in [1.54, 1.807) is 0 Å². The van der Waals surface area contributed by atoms with Crippen LogP contribution in [0.4, 0.5) is 0 Å². The van der Waals surface area contributed by atoms with Gasteiger partial charge in [0.1, 0.15) is 5.91 Å². The summed E-state index contributed by atoms with van der Waals surface area (Å²) in [4.78, 5) is 14.0. The van der Waals surface area contributed by atoms with Crippen molar-refractivity contribution in [2.75, 3.05) is 0 Å². The third kappa shape index (κ3) is 2.13. The summed E-state index contributed by atoms with van der Waals surface area (Å²) in [6, 6.07) is 0.